The topological polar surface area (TPSA) is 26.0 Å². The van der Waals surface area contributed by atoms with Crippen LogP contribution in [0.1, 0.15) is 0 Å². The second-order valence-electron chi connectivity index (χ2n) is 0.0714. The van der Waals surface area contributed by atoms with Gasteiger partial charge in [-0.1, -0.05) is 0 Å². The Hall–Kier alpha value is 1.97. The molecule has 0 saturated carbocycles. The molecule has 5 heavy (non-hydrogen) atoms. The van der Waals surface area contributed by atoms with Crippen LogP contribution in [0.4, 0.5) is 0 Å². The molecule has 0 heterocycles. The molecule has 32 valence electrons. The average molecular weight is 357 g/mol. The van der Waals surface area contributed by atoms with Crippen LogP contribution in [0.5, 0.6) is 0 Å². The van der Waals surface area contributed by atoms with Gasteiger partial charge in [-0.05, 0) is 7.05 Å². The van der Waals surface area contributed by atoms with E-state index in [1.54, 1.807) is 0 Å². The minimum atomic E-state index is 0.0125. The fraction of sp³-hybridized carbons (Fsp3) is 1.00. The van der Waals surface area contributed by atoms with E-state index in [2.05, 4.69) is 37.1 Å². The normalized spacial score (nSPS) is 4.80. The monoisotopic (exact) mass is 357 g/mol. The predicted octanol–water partition coefficient (Wildman–Crippen LogP) is 0.925. The van der Waals surface area contributed by atoms with Crippen molar-refractivity contribution in [1.82, 2.24) is 0 Å². The van der Waals surface area contributed by atoms with Crippen LogP contribution >= 0.6 is 31.3 Å². The Balaban J connectivity index is 0. The molecule has 2 radical (unpaired) electrons. The SMILES string of the molecule is CN.[Br][Sn][I]. The molecule has 0 unspecified atom stereocenters. The molecule has 0 atom stereocenters. The van der Waals surface area contributed by atoms with E-state index in [1.807, 2.05) is 0 Å². The molecule has 0 aromatic rings. The van der Waals surface area contributed by atoms with Gasteiger partial charge in [-0.25, -0.2) is 0 Å². The average Bonchev–Trinajstić information content (AvgIpc) is 1.46. The standard InChI is InChI=1S/CH5N.BrH.HI.Sn/c1-2;;;/h2H2,1H3;2*1H;/q;;;+2/p-2. The van der Waals surface area contributed by atoms with Gasteiger partial charge < -0.3 is 5.73 Å². The van der Waals surface area contributed by atoms with Crippen LogP contribution in [0, 0.1) is 0 Å². The van der Waals surface area contributed by atoms with Crippen LogP contribution in [0.2, 0.25) is 0 Å². The van der Waals surface area contributed by atoms with E-state index in [9.17, 15) is 0 Å². The Morgan fingerprint density at radius 1 is 1.80 bits per heavy atom. The maximum atomic E-state index is 4.50. The quantitative estimate of drug-likeness (QED) is 0.507. The van der Waals surface area contributed by atoms with Gasteiger partial charge in [0.15, 0.2) is 0 Å². The van der Waals surface area contributed by atoms with E-state index in [4.69, 9.17) is 0 Å². The number of rotatable bonds is 0. The molecule has 0 fully saturated rings. The van der Waals surface area contributed by atoms with Gasteiger partial charge in [0.25, 0.3) is 0 Å². The van der Waals surface area contributed by atoms with Crippen LogP contribution in [0.3, 0.4) is 0 Å². The van der Waals surface area contributed by atoms with Crippen LogP contribution in [-0.4, -0.2) is 22.0 Å². The summed E-state index contributed by atoms with van der Waals surface area (Å²) < 4.78 is 0. The second kappa shape index (κ2) is 16.7. The van der Waals surface area contributed by atoms with Crippen molar-refractivity contribution >= 4 is 46.3 Å². The molecule has 0 spiro atoms. The third kappa shape index (κ3) is 24.3. The van der Waals surface area contributed by atoms with E-state index < -0.39 is 0 Å². The van der Waals surface area contributed by atoms with Gasteiger partial charge >= 0.3 is 46.3 Å². The van der Waals surface area contributed by atoms with Crippen molar-refractivity contribution in [3.05, 3.63) is 0 Å². The maximum absolute atomic E-state index is 4.50. The van der Waals surface area contributed by atoms with Gasteiger partial charge in [0, 0.05) is 0 Å². The molecule has 0 aliphatic heterocycles. The summed E-state index contributed by atoms with van der Waals surface area (Å²) in [6.07, 6.45) is 0. The molecular formula is CH5BrINSn. The zero-order valence-electron chi connectivity index (χ0n) is 2.83. The van der Waals surface area contributed by atoms with Crippen LogP contribution in [-0.2, 0) is 0 Å². The number of hydrogen-bond donors (Lipinski definition) is 1. The molecule has 0 amide bonds. The summed E-state index contributed by atoms with van der Waals surface area (Å²) in [5, 5.41) is 0. The molecule has 1 nitrogen and oxygen atoms in total. The first-order valence-electron chi connectivity index (χ1n) is 0.955. The van der Waals surface area contributed by atoms with Gasteiger partial charge in [0.2, 0.25) is 0 Å². The number of hydrogen-bond acceptors (Lipinski definition) is 1. The van der Waals surface area contributed by atoms with Crippen molar-refractivity contribution in [3.63, 3.8) is 0 Å². The fourth-order valence-electron chi connectivity index (χ4n) is 0. The Labute approximate surface area is 58.2 Å². The van der Waals surface area contributed by atoms with Gasteiger partial charge in [0.1, 0.15) is 0 Å². The van der Waals surface area contributed by atoms with Crippen molar-refractivity contribution in [2.75, 3.05) is 7.05 Å². The van der Waals surface area contributed by atoms with Gasteiger partial charge in [-0.3, -0.25) is 0 Å². The van der Waals surface area contributed by atoms with Crippen molar-refractivity contribution in [1.29, 1.82) is 0 Å². The van der Waals surface area contributed by atoms with Crippen molar-refractivity contribution in [3.8, 4) is 0 Å². The molecule has 0 aromatic carbocycles. The van der Waals surface area contributed by atoms with Crippen LogP contribution in [0.15, 0.2) is 0 Å². The van der Waals surface area contributed by atoms with Crippen LogP contribution < -0.4 is 5.73 Å². The van der Waals surface area contributed by atoms with E-state index in [1.165, 1.54) is 7.05 Å². The third-order valence-corrected chi connectivity index (χ3v) is 0. The van der Waals surface area contributed by atoms with Crippen LogP contribution in [0.25, 0.3) is 0 Å². The minimum absolute atomic E-state index is 0.0125. The first-order chi connectivity index (χ1) is 2.41. The van der Waals surface area contributed by atoms with E-state index in [0.29, 0.717) is 0 Å². The van der Waals surface area contributed by atoms with E-state index >= 15 is 0 Å². The summed E-state index contributed by atoms with van der Waals surface area (Å²) in [5.74, 6) is 0. The Morgan fingerprint density at radius 3 is 1.80 bits per heavy atom. The van der Waals surface area contributed by atoms with Gasteiger partial charge in [-0.2, -0.15) is 0 Å². The summed E-state index contributed by atoms with van der Waals surface area (Å²) in [6, 6.07) is 0. The molecule has 0 aliphatic rings. The van der Waals surface area contributed by atoms with Gasteiger partial charge in [0.05, 0.1) is 0 Å². The van der Waals surface area contributed by atoms with Crippen molar-refractivity contribution < 1.29 is 0 Å². The molecular weight excluding hydrogens is 352 g/mol. The Bertz CT molecular complexity index is 11.6. The molecule has 0 rings (SSSR count). The summed E-state index contributed by atoms with van der Waals surface area (Å²) in [5.41, 5.74) is 4.50. The Kier molecular flexibility index (Phi) is 33.6. The molecule has 0 aliphatic carbocycles. The van der Waals surface area contributed by atoms with Crippen molar-refractivity contribution in [2.45, 2.75) is 0 Å². The zero-order valence-corrected chi connectivity index (χ0v) is 9.43. The summed E-state index contributed by atoms with van der Waals surface area (Å²) in [6.45, 7) is 0. The third-order valence-electron chi connectivity index (χ3n) is 0. The predicted molar refractivity (Wildman–Crippen MR) is 38.8 cm³/mol. The molecule has 0 bridgehead atoms. The molecule has 0 aromatic heterocycles. The zero-order chi connectivity index (χ0) is 4.71. The molecule has 4 heteroatoms. The first-order valence-corrected chi connectivity index (χ1v) is 15.7. The van der Waals surface area contributed by atoms with E-state index in [0.717, 1.165) is 0 Å². The second-order valence-corrected chi connectivity index (χ2v) is 16.7. The van der Waals surface area contributed by atoms with Gasteiger partial charge in [-0.15, -0.1) is 0 Å². The number of nitrogens with two attached hydrogens (primary N) is 1. The van der Waals surface area contributed by atoms with Crippen molar-refractivity contribution in [2.24, 2.45) is 5.73 Å². The summed E-state index contributed by atoms with van der Waals surface area (Å²) >= 11 is 5.69. The number of halogens is 2. The van der Waals surface area contributed by atoms with E-state index in [-0.39, 0.29) is 15.0 Å². The molecule has 0 saturated heterocycles. The fourth-order valence-corrected chi connectivity index (χ4v) is 0. The summed E-state index contributed by atoms with van der Waals surface area (Å²) in [4.78, 5) is 0. The molecule has 2 N–H and O–H groups in total. The summed E-state index contributed by atoms with van der Waals surface area (Å²) in [7, 11) is 1.50. The first kappa shape index (κ1) is 10.1. The Morgan fingerprint density at radius 2 is 1.80 bits per heavy atom.